The molecule has 1 heterocycles. The van der Waals surface area contributed by atoms with Crippen molar-refractivity contribution >= 4 is 88.4 Å². The molecule has 0 atom stereocenters. The molecular formula is C73H60N2O2. The van der Waals surface area contributed by atoms with E-state index in [4.69, 9.17) is 4.42 Å². The van der Waals surface area contributed by atoms with Crippen molar-refractivity contribution in [1.29, 1.82) is 0 Å². The van der Waals surface area contributed by atoms with E-state index in [0.29, 0.717) is 17.5 Å². The molecule has 0 saturated carbocycles. The molecule has 1 N–H and O–H groups in total. The van der Waals surface area contributed by atoms with Crippen LogP contribution in [0.1, 0.15) is 67.3 Å². The molecule has 0 spiro atoms. The lowest BCUT2D eigenvalue weighted by Crippen LogP contribution is -2.12. The second-order valence-corrected chi connectivity index (χ2v) is 21.5. The van der Waals surface area contributed by atoms with Crippen molar-refractivity contribution in [3.8, 4) is 39.1 Å². The molecule has 0 saturated heterocycles. The van der Waals surface area contributed by atoms with Crippen molar-refractivity contribution in [1.82, 2.24) is 0 Å². The third-order valence-electron chi connectivity index (χ3n) is 16.1. The van der Waals surface area contributed by atoms with Crippen LogP contribution >= 0.6 is 0 Å². The summed E-state index contributed by atoms with van der Waals surface area (Å²) in [4.78, 5) is 4.65. The summed E-state index contributed by atoms with van der Waals surface area (Å²) in [6.45, 7) is 15.4. The van der Waals surface area contributed by atoms with Crippen LogP contribution in [0.3, 0.4) is 0 Å². The first kappa shape index (κ1) is 47.6. The summed E-state index contributed by atoms with van der Waals surface area (Å²) in [6.07, 6.45) is 0. The highest BCUT2D eigenvalue weighted by Crippen LogP contribution is 2.52. The van der Waals surface area contributed by atoms with Crippen LogP contribution in [0.2, 0.25) is 0 Å². The molecule has 0 bridgehead atoms. The van der Waals surface area contributed by atoms with Gasteiger partial charge < -0.3 is 19.3 Å². The van der Waals surface area contributed by atoms with Gasteiger partial charge in [0.05, 0.1) is 22.7 Å². The lowest BCUT2D eigenvalue weighted by Gasteiger charge is -2.30. The van der Waals surface area contributed by atoms with Gasteiger partial charge in [0, 0.05) is 44.0 Å². The Hall–Kier alpha value is -9.12. The maximum atomic E-state index is 12.8. The molecule has 77 heavy (non-hydrogen) atoms. The molecule has 13 rings (SSSR count). The maximum absolute atomic E-state index is 12.8. The summed E-state index contributed by atoms with van der Waals surface area (Å²) in [5, 5.41) is 21.8. The van der Waals surface area contributed by atoms with Gasteiger partial charge in [-0.15, -0.1) is 0 Å². The number of phenolic OH excluding ortho intramolecular Hbond substituents is 1. The summed E-state index contributed by atoms with van der Waals surface area (Å²) in [7, 11) is 0. The molecular weight excluding hydrogens is 937 g/mol. The van der Waals surface area contributed by atoms with E-state index in [1.165, 1.54) is 49.7 Å². The molecule has 0 fully saturated rings. The van der Waals surface area contributed by atoms with Gasteiger partial charge in [-0.1, -0.05) is 191 Å². The van der Waals surface area contributed by atoms with Gasteiger partial charge in [-0.3, -0.25) is 0 Å². The Labute approximate surface area is 451 Å². The van der Waals surface area contributed by atoms with E-state index in [0.717, 1.165) is 94.2 Å². The standard InChI is InChI=1S/C73H60N2O2/c1-44(2)49-27-35-55(36-28-49)74(66-25-13-21-58(71(66)76)53-18-11-19-54(43-53)68-47(6)16-10-17-48(68)7)64-41-33-51-32-40-63-65(42-34-52-31-39-62(64)69(51)70(52)63)75(56-37-29-50(30-38-56)45(3)4)67-26-14-24-61-60-23-12-22-59(72(60)77-73(61)67)57-20-9-8-15-46(57)5/h8-45,76H,1-7H3. The second kappa shape index (κ2) is 18.9. The molecule has 0 aliphatic carbocycles. The van der Waals surface area contributed by atoms with Crippen LogP contribution in [-0.2, 0) is 0 Å². The number of rotatable bonds is 11. The van der Waals surface area contributed by atoms with Crippen LogP contribution in [-0.4, -0.2) is 5.11 Å². The minimum absolute atomic E-state index is 0.219. The number of benzene rings is 12. The molecule has 4 nitrogen and oxygen atoms in total. The first-order valence-corrected chi connectivity index (χ1v) is 27.0. The average molecular weight is 997 g/mol. The van der Waals surface area contributed by atoms with Gasteiger partial charge in [-0.2, -0.15) is 0 Å². The molecule has 0 aliphatic rings. The minimum atomic E-state index is 0.219. The van der Waals surface area contributed by atoms with Crippen molar-refractivity contribution in [2.45, 2.75) is 60.3 Å². The van der Waals surface area contributed by atoms with E-state index >= 15 is 0 Å². The number of hydrogen-bond acceptors (Lipinski definition) is 4. The van der Waals surface area contributed by atoms with Crippen molar-refractivity contribution in [3.63, 3.8) is 0 Å². The molecule has 0 amide bonds. The van der Waals surface area contributed by atoms with Crippen molar-refractivity contribution in [3.05, 3.63) is 246 Å². The number of anilines is 6. The highest BCUT2D eigenvalue weighted by atomic mass is 16.3. The SMILES string of the molecule is Cc1ccccc1-c1cccc2c1oc1c(N(c3ccc(C(C)C)cc3)c3ccc4ccc5c(N(c6ccc(C(C)C)cc6)c6cccc(-c7cccc(-c8c(C)cccc8C)c7)c6O)ccc6ccc3c4c65)cccc12. The Kier molecular flexibility index (Phi) is 11.7. The fourth-order valence-electron chi connectivity index (χ4n) is 12.1. The van der Waals surface area contributed by atoms with Gasteiger partial charge in [0.25, 0.3) is 0 Å². The molecule has 374 valence electrons. The van der Waals surface area contributed by atoms with Crippen LogP contribution in [0.15, 0.2) is 223 Å². The van der Waals surface area contributed by atoms with Gasteiger partial charge in [-0.05, 0) is 159 Å². The highest BCUT2D eigenvalue weighted by molar-refractivity contribution is 6.28. The Bertz CT molecular complexity index is 4370. The summed E-state index contributed by atoms with van der Waals surface area (Å²) in [5.41, 5.74) is 19.9. The third kappa shape index (κ3) is 7.98. The quantitative estimate of drug-likeness (QED) is 0.131. The number of hydrogen-bond donors (Lipinski definition) is 1. The largest absolute Gasteiger partial charge is 0.505 e. The van der Waals surface area contributed by atoms with Crippen molar-refractivity contribution in [2.24, 2.45) is 0 Å². The number of nitrogens with zero attached hydrogens (tertiary/aromatic N) is 2. The van der Waals surface area contributed by atoms with E-state index in [9.17, 15) is 5.11 Å². The van der Waals surface area contributed by atoms with Crippen LogP contribution in [0.25, 0.3) is 87.6 Å². The molecule has 4 heteroatoms. The van der Waals surface area contributed by atoms with Crippen LogP contribution in [0.4, 0.5) is 34.1 Å². The summed E-state index contributed by atoms with van der Waals surface area (Å²) in [6, 6.07) is 78.8. The summed E-state index contributed by atoms with van der Waals surface area (Å²) in [5.74, 6) is 0.971. The fraction of sp³-hybridized carbons (Fsp3) is 0.123. The van der Waals surface area contributed by atoms with E-state index in [2.05, 4.69) is 265 Å². The molecule has 0 radical (unpaired) electrons. The zero-order valence-electron chi connectivity index (χ0n) is 44.7. The van der Waals surface area contributed by atoms with Gasteiger partial charge in [0.2, 0.25) is 0 Å². The molecule has 13 aromatic rings. The number of phenols is 1. The van der Waals surface area contributed by atoms with Crippen molar-refractivity contribution in [2.75, 3.05) is 9.80 Å². The first-order chi connectivity index (χ1) is 37.5. The van der Waals surface area contributed by atoms with Crippen LogP contribution in [0.5, 0.6) is 5.75 Å². The summed E-state index contributed by atoms with van der Waals surface area (Å²) < 4.78 is 7.20. The number of furan rings is 1. The lowest BCUT2D eigenvalue weighted by atomic mass is 9.91. The minimum Gasteiger partial charge on any atom is -0.505 e. The summed E-state index contributed by atoms with van der Waals surface area (Å²) >= 11 is 0. The van der Waals surface area contributed by atoms with Crippen LogP contribution < -0.4 is 9.80 Å². The van der Waals surface area contributed by atoms with E-state index < -0.39 is 0 Å². The smallest absolute Gasteiger partial charge is 0.159 e. The molecule has 1 aromatic heterocycles. The zero-order valence-corrected chi connectivity index (χ0v) is 44.7. The zero-order chi connectivity index (χ0) is 52.6. The number of fused-ring (bicyclic) bond motifs is 3. The predicted octanol–water partition coefficient (Wildman–Crippen LogP) is 21.3. The Morgan fingerprint density at radius 1 is 0.364 bits per heavy atom. The fourth-order valence-corrected chi connectivity index (χ4v) is 12.1. The van der Waals surface area contributed by atoms with Crippen LogP contribution in [0, 0.1) is 20.8 Å². The Balaban J connectivity index is 1.02. The molecule has 0 unspecified atom stereocenters. The van der Waals surface area contributed by atoms with E-state index in [1.807, 2.05) is 12.1 Å². The maximum Gasteiger partial charge on any atom is 0.159 e. The Morgan fingerprint density at radius 3 is 1.44 bits per heavy atom. The third-order valence-corrected chi connectivity index (χ3v) is 16.1. The predicted molar refractivity (Wildman–Crippen MR) is 327 cm³/mol. The monoisotopic (exact) mass is 996 g/mol. The van der Waals surface area contributed by atoms with E-state index in [-0.39, 0.29) is 5.75 Å². The van der Waals surface area contributed by atoms with Crippen molar-refractivity contribution < 1.29 is 9.52 Å². The first-order valence-electron chi connectivity index (χ1n) is 27.0. The van der Waals surface area contributed by atoms with Gasteiger partial charge in [-0.25, -0.2) is 0 Å². The topological polar surface area (TPSA) is 39.9 Å². The number of aromatic hydroxyl groups is 1. The van der Waals surface area contributed by atoms with E-state index in [1.54, 1.807) is 0 Å². The second-order valence-electron chi connectivity index (χ2n) is 21.5. The number of aryl methyl sites for hydroxylation is 3. The van der Waals surface area contributed by atoms with Gasteiger partial charge >= 0.3 is 0 Å². The van der Waals surface area contributed by atoms with Gasteiger partial charge in [0.1, 0.15) is 11.3 Å². The lowest BCUT2D eigenvalue weighted by molar-refractivity contribution is 0.478. The molecule has 0 aliphatic heterocycles. The van der Waals surface area contributed by atoms with Gasteiger partial charge in [0.15, 0.2) is 5.58 Å². The highest BCUT2D eigenvalue weighted by Gasteiger charge is 2.27. The normalized spacial score (nSPS) is 11.9. The average Bonchev–Trinajstić information content (AvgIpc) is 3.87. The molecule has 12 aromatic carbocycles. The Morgan fingerprint density at radius 2 is 0.831 bits per heavy atom. The number of para-hydroxylation sites is 3.